The van der Waals surface area contributed by atoms with E-state index in [9.17, 15) is 4.39 Å². The molecule has 0 saturated carbocycles. The summed E-state index contributed by atoms with van der Waals surface area (Å²) in [6, 6.07) is 6.53. The van der Waals surface area contributed by atoms with Crippen molar-refractivity contribution in [1.29, 1.82) is 5.26 Å². The van der Waals surface area contributed by atoms with Gasteiger partial charge in [0, 0.05) is 18.1 Å². The highest BCUT2D eigenvalue weighted by molar-refractivity contribution is 5.86. The molecular weight excluding hydrogens is 283 g/mol. The first kappa shape index (κ1) is 15.6. The van der Waals surface area contributed by atoms with Gasteiger partial charge in [0.1, 0.15) is 11.9 Å². The van der Waals surface area contributed by atoms with Gasteiger partial charge in [-0.2, -0.15) is 5.26 Å². The first-order valence-corrected chi connectivity index (χ1v) is 6.86. The molecule has 0 aliphatic heterocycles. The average molecular weight is 300 g/mol. The number of aromatic nitrogens is 1. The Hall–Kier alpha value is -2.74. The van der Waals surface area contributed by atoms with Gasteiger partial charge in [-0.1, -0.05) is 6.08 Å². The summed E-state index contributed by atoms with van der Waals surface area (Å²) in [5.41, 5.74) is 1.21. The number of rotatable bonds is 6. The minimum Gasteiger partial charge on any atom is -0.465 e. The third kappa shape index (κ3) is 3.67. The summed E-state index contributed by atoms with van der Waals surface area (Å²) in [7, 11) is 0. The SMILES string of the molecule is C/C=C/OCO/C(C)=C/Cn1cc(C#N)c2ccc(F)cc21. The molecule has 4 nitrogen and oxygen atoms in total. The maximum atomic E-state index is 13.4. The molecule has 1 heterocycles. The third-order valence-corrected chi connectivity index (χ3v) is 3.13. The van der Waals surface area contributed by atoms with Gasteiger partial charge in [0.15, 0.2) is 0 Å². The predicted octanol–water partition coefficient (Wildman–Crippen LogP) is 4.08. The molecule has 0 bridgehead atoms. The highest BCUT2D eigenvalue weighted by atomic mass is 19.1. The summed E-state index contributed by atoms with van der Waals surface area (Å²) in [6.07, 6.45) is 6.88. The van der Waals surface area contributed by atoms with Crippen molar-refractivity contribution in [3.63, 3.8) is 0 Å². The van der Waals surface area contributed by atoms with Crippen molar-refractivity contribution in [2.45, 2.75) is 20.4 Å². The third-order valence-electron chi connectivity index (χ3n) is 3.13. The minimum absolute atomic E-state index is 0.136. The van der Waals surface area contributed by atoms with Crippen LogP contribution in [0.4, 0.5) is 4.39 Å². The van der Waals surface area contributed by atoms with Crippen LogP contribution in [0.25, 0.3) is 10.9 Å². The van der Waals surface area contributed by atoms with Gasteiger partial charge in [-0.25, -0.2) is 4.39 Å². The summed E-state index contributed by atoms with van der Waals surface area (Å²) in [6.45, 7) is 4.29. The van der Waals surface area contributed by atoms with Crippen LogP contribution in [0.15, 0.2) is 48.6 Å². The molecule has 5 heteroatoms. The van der Waals surface area contributed by atoms with Crippen molar-refractivity contribution in [3.8, 4) is 6.07 Å². The van der Waals surface area contributed by atoms with Crippen molar-refractivity contribution in [3.05, 3.63) is 59.9 Å². The topological polar surface area (TPSA) is 47.2 Å². The van der Waals surface area contributed by atoms with Gasteiger partial charge < -0.3 is 14.0 Å². The lowest BCUT2D eigenvalue weighted by Crippen LogP contribution is -1.97. The maximum absolute atomic E-state index is 13.4. The maximum Gasteiger partial charge on any atom is 0.229 e. The van der Waals surface area contributed by atoms with Crippen LogP contribution in [0.1, 0.15) is 19.4 Å². The summed E-state index contributed by atoms with van der Waals surface area (Å²) in [5.74, 6) is 0.370. The summed E-state index contributed by atoms with van der Waals surface area (Å²) >= 11 is 0. The van der Waals surface area contributed by atoms with E-state index in [1.54, 1.807) is 24.6 Å². The Morgan fingerprint density at radius 2 is 2.27 bits per heavy atom. The van der Waals surface area contributed by atoms with Crippen LogP contribution < -0.4 is 0 Å². The fourth-order valence-corrected chi connectivity index (χ4v) is 2.05. The molecule has 0 spiro atoms. The highest BCUT2D eigenvalue weighted by Gasteiger charge is 2.08. The number of allylic oxidation sites excluding steroid dienone is 3. The highest BCUT2D eigenvalue weighted by Crippen LogP contribution is 2.22. The van der Waals surface area contributed by atoms with E-state index in [2.05, 4.69) is 6.07 Å². The van der Waals surface area contributed by atoms with Crippen LogP contribution in [0.5, 0.6) is 0 Å². The molecule has 1 aromatic heterocycles. The fraction of sp³-hybridized carbons (Fsp3) is 0.235. The molecule has 2 aromatic rings. The van der Waals surface area contributed by atoms with Crippen molar-refractivity contribution < 1.29 is 13.9 Å². The number of hydrogen-bond acceptors (Lipinski definition) is 3. The van der Waals surface area contributed by atoms with E-state index in [1.807, 2.05) is 24.5 Å². The fourth-order valence-electron chi connectivity index (χ4n) is 2.05. The molecule has 114 valence electrons. The Labute approximate surface area is 128 Å². The molecule has 2 rings (SSSR count). The van der Waals surface area contributed by atoms with Gasteiger partial charge in [0.25, 0.3) is 0 Å². The molecule has 0 saturated heterocycles. The summed E-state index contributed by atoms with van der Waals surface area (Å²) in [4.78, 5) is 0. The number of benzene rings is 1. The number of halogens is 1. The van der Waals surface area contributed by atoms with Gasteiger partial charge in [-0.3, -0.25) is 0 Å². The molecule has 22 heavy (non-hydrogen) atoms. The molecule has 0 aliphatic rings. The Bertz CT molecular complexity index is 754. The minimum atomic E-state index is -0.326. The standard InChI is InChI=1S/C17H17FN2O2/c1-3-8-21-12-22-13(2)6-7-20-11-14(10-19)16-5-4-15(18)9-17(16)20/h3-6,8-9,11H,7,12H2,1-2H3/b8-3+,13-6+. The molecule has 0 amide bonds. The second kappa shape index (κ2) is 7.32. The predicted molar refractivity (Wildman–Crippen MR) is 82.2 cm³/mol. The van der Waals surface area contributed by atoms with Gasteiger partial charge in [-0.05, 0) is 38.1 Å². The van der Waals surface area contributed by atoms with E-state index in [-0.39, 0.29) is 12.6 Å². The zero-order valence-electron chi connectivity index (χ0n) is 12.5. The number of hydrogen-bond donors (Lipinski definition) is 0. The van der Waals surface area contributed by atoms with Gasteiger partial charge in [-0.15, -0.1) is 0 Å². The number of nitriles is 1. The molecule has 0 fully saturated rings. The van der Waals surface area contributed by atoms with Gasteiger partial charge in [0.05, 0.1) is 23.1 Å². The molecule has 0 atom stereocenters. The van der Waals surface area contributed by atoms with Crippen LogP contribution in [0.2, 0.25) is 0 Å². The van der Waals surface area contributed by atoms with Crippen LogP contribution >= 0.6 is 0 Å². The van der Waals surface area contributed by atoms with E-state index in [0.717, 1.165) is 5.39 Å². The zero-order valence-corrected chi connectivity index (χ0v) is 12.5. The van der Waals surface area contributed by atoms with E-state index in [1.165, 1.54) is 12.1 Å². The Kier molecular flexibility index (Phi) is 5.21. The Morgan fingerprint density at radius 1 is 1.45 bits per heavy atom. The first-order chi connectivity index (χ1) is 10.7. The van der Waals surface area contributed by atoms with E-state index < -0.39 is 0 Å². The van der Waals surface area contributed by atoms with Crippen molar-refractivity contribution in [2.24, 2.45) is 0 Å². The quantitative estimate of drug-likeness (QED) is 0.459. The van der Waals surface area contributed by atoms with E-state index >= 15 is 0 Å². The largest absolute Gasteiger partial charge is 0.465 e. The van der Waals surface area contributed by atoms with E-state index in [0.29, 0.717) is 23.4 Å². The molecule has 0 radical (unpaired) electrons. The number of ether oxygens (including phenoxy) is 2. The van der Waals surface area contributed by atoms with Crippen molar-refractivity contribution >= 4 is 10.9 Å². The second-order valence-electron chi connectivity index (χ2n) is 4.68. The van der Waals surface area contributed by atoms with E-state index in [4.69, 9.17) is 14.7 Å². The Morgan fingerprint density at radius 3 is 3.00 bits per heavy atom. The average Bonchev–Trinajstić information content (AvgIpc) is 2.86. The molecular formula is C17H17FN2O2. The van der Waals surface area contributed by atoms with Crippen molar-refractivity contribution in [2.75, 3.05) is 6.79 Å². The number of fused-ring (bicyclic) bond motifs is 1. The second-order valence-corrected chi connectivity index (χ2v) is 4.68. The number of nitrogens with zero attached hydrogens (tertiary/aromatic N) is 2. The molecule has 0 N–H and O–H groups in total. The van der Waals surface area contributed by atoms with Crippen LogP contribution in [-0.2, 0) is 16.0 Å². The monoisotopic (exact) mass is 300 g/mol. The lowest BCUT2D eigenvalue weighted by molar-refractivity contribution is 0.0290. The smallest absolute Gasteiger partial charge is 0.229 e. The van der Waals surface area contributed by atoms with Gasteiger partial charge in [0.2, 0.25) is 6.79 Å². The molecule has 0 aliphatic carbocycles. The summed E-state index contributed by atoms with van der Waals surface area (Å²) in [5, 5.41) is 9.89. The lowest BCUT2D eigenvalue weighted by atomic mass is 10.2. The molecule has 1 aromatic carbocycles. The van der Waals surface area contributed by atoms with Gasteiger partial charge >= 0.3 is 0 Å². The zero-order chi connectivity index (χ0) is 15.9. The molecule has 0 unspecified atom stereocenters. The summed E-state index contributed by atoms with van der Waals surface area (Å²) < 4.78 is 25.7. The van der Waals surface area contributed by atoms with Crippen LogP contribution in [0, 0.1) is 17.1 Å². The van der Waals surface area contributed by atoms with Crippen molar-refractivity contribution in [1.82, 2.24) is 4.57 Å². The normalized spacial score (nSPS) is 11.8. The Balaban J connectivity index is 2.14. The first-order valence-electron chi connectivity index (χ1n) is 6.86. The lowest BCUT2D eigenvalue weighted by Gasteiger charge is -2.06. The van der Waals surface area contributed by atoms with Crippen LogP contribution in [-0.4, -0.2) is 11.4 Å². The van der Waals surface area contributed by atoms with Crippen LogP contribution in [0.3, 0.4) is 0 Å².